The minimum absolute atomic E-state index is 0.973. The molecule has 0 amide bonds. The van der Waals surface area contributed by atoms with E-state index in [9.17, 15) is 0 Å². The third-order valence-electron chi connectivity index (χ3n) is 2.22. The van der Waals surface area contributed by atoms with Crippen molar-refractivity contribution in [3.63, 3.8) is 0 Å². The molecule has 2 heteroatoms. The molecule has 1 heterocycles. The Morgan fingerprint density at radius 2 is 2.42 bits per heavy atom. The summed E-state index contributed by atoms with van der Waals surface area (Å²) in [6.07, 6.45) is 8.57. The molecule has 12 heavy (non-hydrogen) atoms. The predicted octanol–water partition coefficient (Wildman–Crippen LogP) is 2.30. The fraction of sp³-hybridized carbons (Fsp3) is 0.800. The van der Waals surface area contributed by atoms with Crippen LogP contribution in [-0.2, 0) is 0 Å². The SMILES string of the molecule is CNCC/C=C\CC1CCSC1. The zero-order chi connectivity index (χ0) is 8.65. The van der Waals surface area contributed by atoms with E-state index in [4.69, 9.17) is 0 Å². The van der Waals surface area contributed by atoms with Gasteiger partial charge in [0.25, 0.3) is 0 Å². The van der Waals surface area contributed by atoms with E-state index in [1.165, 1.54) is 30.8 Å². The van der Waals surface area contributed by atoms with Crippen molar-refractivity contribution in [3.05, 3.63) is 12.2 Å². The second kappa shape index (κ2) is 6.55. The van der Waals surface area contributed by atoms with Gasteiger partial charge in [-0.2, -0.15) is 11.8 Å². The summed E-state index contributed by atoms with van der Waals surface area (Å²) in [5.41, 5.74) is 0. The van der Waals surface area contributed by atoms with Gasteiger partial charge in [0.2, 0.25) is 0 Å². The topological polar surface area (TPSA) is 12.0 Å². The van der Waals surface area contributed by atoms with Gasteiger partial charge in [-0.05, 0) is 50.3 Å². The maximum atomic E-state index is 3.14. The molecule has 1 aliphatic heterocycles. The Labute approximate surface area is 80.0 Å². The highest BCUT2D eigenvalue weighted by molar-refractivity contribution is 7.99. The van der Waals surface area contributed by atoms with Gasteiger partial charge in [-0.3, -0.25) is 0 Å². The first kappa shape index (κ1) is 10.1. The van der Waals surface area contributed by atoms with E-state index in [0.717, 1.165) is 12.5 Å². The monoisotopic (exact) mass is 185 g/mol. The highest BCUT2D eigenvalue weighted by Gasteiger charge is 2.12. The van der Waals surface area contributed by atoms with Crippen molar-refractivity contribution >= 4 is 11.8 Å². The molecule has 0 aromatic rings. The zero-order valence-electron chi connectivity index (χ0n) is 7.88. The molecule has 1 N–H and O–H groups in total. The molecule has 0 spiro atoms. The molecule has 70 valence electrons. The average molecular weight is 185 g/mol. The lowest BCUT2D eigenvalue weighted by Gasteiger charge is -2.01. The summed E-state index contributed by atoms with van der Waals surface area (Å²) in [5, 5.41) is 3.14. The summed E-state index contributed by atoms with van der Waals surface area (Å²) < 4.78 is 0. The second-order valence-corrected chi connectivity index (χ2v) is 4.48. The van der Waals surface area contributed by atoms with Crippen molar-refractivity contribution in [2.24, 2.45) is 5.92 Å². The highest BCUT2D eigenvalue weighted by atomic mass is 32.2. The van der Waals surface area contributed by atoms with Crippen molar-refractivity contribution < 1.29 is 0 Å². The Kier molecular flexibility index (Phi) is 5.53. The molecular weight excluding hydrogens is 166 g/mol. The lowest BCUT2D eigenvalue weighted by atomic mass is 10.1. The Bertz CT molecular complexity index is 128. The lowest BCUT2D eigenvalue weighted by Crippen LogP contribution is -2.05. The largest absolute Gasteiger partial charge is 0.319 e. The number of rotatable bonds is 5. The summed E-state index contributed by atoms with van der Waals surface area (Å²) >= 11 is 2.10. The van der Waals surface area contributed by atoms with Gasteiger partial charge in [0.15, 0.2) is 0 Å². The molecule has 1 aliphatic rings. The standard InChI is InChI=1S/C10H19NS/c1-11-7-4-2-3-5-10-6-8-12-9-10/h2-3,10-11H,4-9H2,1H3/b3-2-. The number of thioether (sulfide) groups is 1. The molecule has 0 aromatic carbocycles. The van der Waals surface area contributed by atoms with Crippen LogP contribution in [0.4, 0.5) is 0 Å². The van der Waals surface area contributed by atoms with Crippen LogP contribution in [0, 0.1) is 5.92 Å². The molecule has 0 aliphatic carbocycles. The minimum Gasteiger partial charge on any atom is -0.319 e. The van der Waals surface area contributed by atoms with Crippen molar-refractivity contribution in [3.8, 4) is 0 Å². The van der Waals surface area contributed by atoms with E-state index in [1.807, 2.05) is 7.05 Å². The maximum absolute atomic E-state index is 3.14. The van der Waals surface area contributed by atoms with E-state index in [-0.39, 0.29) is 0 Å². The summed E-state index contributed by atoms with van der Waals surface area (Å²) in [7, 11) is 2.00. The Hall–Kier alpha value is 0.0500. The van der Waals surface area contributed by atoms with Crippen LogP contribution in [-0.4, -0.2) is 25.1 Å². The summed E-state index contributed by atoms with van der Waals surface area (Å²) in [5.74, 6) is 3.74. The quantitative estimate of drug-likeness (QED) is 0.521. The maximum Gasteiger partial charge on any atom is -0.00173 e. The number of nitrogens with one attached hydrogen (secondary N) is 1. The Morgan fingerprint density at radius 3 is 3.08 bits per heavy atom. The van der Waals surface area contributed by atoms with Gasteiger partial charge in [0, 0.05) is 0 Å². The Morgan fingerprint density at radius 1 is 1.50 bits per heavy atom. The smallest absolute Gasteiger partial charge is 0.00173 e. The molecule has 1 unspecified atom stereocenters. The van der Waals surface area contributed by atoms with Gasteiger partial charge >= 0.3 is 0 Å². The number of allylic oxidation sites excluding steroid dienone is 1. The van der Waals surface area contributed by atoms with Crippen LogP contribution in [0.1, 0.15) is 19.3 Å². The van der Waals surface area contributed by atoms with E-state index < -0.39 is 0 Å². The van der Waals surface area contributed by atoms with Gasteiger partial charge in [0.05, 0.1) is 0 Å². The fourth-order valence-electron chi connectivity index (χ4n) is 1.40. The van der Waals surface area contributed by atoms with Gasteiger partial charge in [0.1, 0.15) is 0 Å². The number of hydrogen-bond donors (Lipinski definition) is 1. The van der Waals surface area contributed by atoms with Crippen LogP contribution >= 0.6 is 11.8 Å². The average Bonchev–Trinajstić information content (AvgIpc) is 2.57. The molecule has 1 atom stereocenters. The zero-order valence-corrected chi connectivity index (χ0v) is 8.70. The molecule has 0 aromatic heterocycles. The van der Waals surface area contributed by atoms with E-state index in [1.54, 1.807) is 0 Å². The van der Waals surface area contributed by atoms with Crippen molar-refractivity contribution in [2.45, 2.75) is 19.3 Å². The van der Waals surface area contributed by atoms with E-state index >= 15 is 0 Å². The van der Waals surface area contributed by atoms with Gasteiger partial charge in [-0.25, -0.2) is 0 Å². The Balaban J connectivity index is 1.96. The van der Waals surface area contributed by atoms with Crippen LogP contribution in [0.5, 0.6) is 0 Å². The molecule has 1 nitrogen and oxygen atoms in total. The van der Waals surface area contributed by atoms with E-state index in [0.29, 0.717) is 0 Å². The van der Waals surface area contributed by atoms with Crippen molar-refractivity contribution in [1.29, 1.82) is 0 Å². The van der Waals surface area contributed by atoms with E-state index in [2.05, 4.69) is 29.2 Å². The highest BCUT2D eigenvalue weighted by Crippen LogP contribution is 2.26. The molecule has 1 rings (SSSR count). The minimum atomic E-state index is 0.973. The molecule has 1 fully saturated rings. The molecule has 0 saturated carbocycles. The first-order valence-electron chi connectivity index (χ1n) is 4.81. The number of hydrogen-bond acceptors (Lipinski definition) is 2. The molecule has 0 radical (unpaired) electrons. The van der Waals surface area contributed by atoms with Crippen LogP contribution in [0.2, 0.25) is 0 Å². The summed E-state index contributed by atoms with van der Waals surface area (Å²) in [4.78, 5) is 0. The van der Waals surface area contributed by atoms with Gasteiger partial charge in [-0.1, -0.05) is 12.2 Å². The molecule has 0 bridgehead atoms. The van der Waals surface area contributed by atoms with Crippen LogP contribution < -0.4 is 5.32 Å². The second-order valence-electron chi connectivity index (χ2n) is 3.33. The molecule has 1 saturated heterocycles. The van der Waals surface area contributed by atoms with Crippen LogP contribution in [0.15, 0.2) is 12.2 Å². The van der Waals surface area contributed by atoms with Gasteiger partial charge < -0.3 is 5.32 Å². The third kappa shape index (κ3) is 4.17. The fourth-order valence-corrected chi connectivity index (χ4v) is 2.71. The predicted molar refractivity (Wildman–Crippen MR) is 57.7 cm³/mol. The van der Waals surface area contributed by atoms with Crippen molar-refractivity contribution in [2.75, 3.05) is 25.1 Å². The first-order valence-corrected chi connectivity index (χ1v) is 5.96. The normalized spacial score (nSPS) is 23.9. The lowest BCUT2D eigenvalue weighted by molar-refractivity contribution is 0.608. The summed E-state index contributed by atoms with van der Waals surface area (Å²) in [6.45, 7) is 1.11. The van der Waals surface area contributed by atoms with Crippen LogP contribution in [0.25, 0.3) is 0 Å². The summed E-state index contributed by atoms with van der Waals surface area (Å²) in [6, 6.07) is 0. The van der Waals surface area contributed by atoms with Gasteiger partial charge in [-0.15, -0.1) is 0 Å². The van der Waals surface area contributed by atoms with Crippen molar-refractivity contribution in [1.82, 2.24) is 5.32 Å². The molecular formula is C10H19NS. The van der Waals surface area contributed by atoms with Crippen LogP contribution in [0.3, 0.4) is 0 Å². The third-order valence-corrected chi connectivity index (χ3v) is 3.45. The first-order chi connectivity index (χ1) is 5.93.